The lowest BCUT2D eigenvalue weighted by atomic mass is 10.2. The number of aliphatic imine (C=N–C) groups is 1. The van der Waals surface area contributed by atoms with Crippen LogP contribution in [0.15, 0.2) is 4.99 Å². The lowest BCUT2D eigenvalue weighted by Gasteiger charge is -2.13. The number of guanidine groups is 1. The maximum atomic E-state index is 5.46. The van der Waals surface area contributed by atoms with Gasteiger partial charge in [0, 0.05) is 6.04 Å². The molecule has 1 aliphatic heterocycles. The lowest BCUT2D eigenvalue weighted by molar-refractivity contribution is 0.378. The normalized spacial score (nSPS) is 23.5. The summed E-state index contributed by atoms with van der Waals surface area (Å²) in [6.45, 7) is 1.92. The van der Waals surface area contributed by atoms with E-state index in [2.05, 4.69) is 29.3 Å². The van der Waals surface area contributed by atoms with Crippen LogP contribution in [0.2, 0.25) is 0 Å². The molecule has 0 spiro atoms. The van der Waals surface area contributed by atoms with Gasteiger partial charge in [0.2, 0.25) is 0 Å². The Labute approximate surface area is 67.5 Å². The van der Waals surface area contributed by atoms with Crippen molar-refractivity contribution in [2.75, 3.05) is 27.2 Å². The summed E-state index contributed by atoms with van der Waals surface area (Å²) in [5, 5.41) is 3.11. The van der Waals surface area contributed by atoms with Crippen LogP contribution in [0.5, 0.6) is 0 Å². The number of nitrogens with two attached hydrogens (primary N) is 1. The van der Waals surface area contributed by atoms with E-state index in [-0.39, 0.29) is 0 Å². The molecule has 3 N–H and O–H groups in total. The van der Waals surface area contributed by atoms with Gasteiger partial charge in [-0.05, 0) is 27.1 Å². The minimum absolute atomic E-state index is 0.456. The van der Waals surface area contributed by atoms with Crippen molar-refractivity contribution in [1.82, 2.24) is 10.2 Å². The zero-order valence-corrected chi connectivity index (χ0v) is 7.17. The van der Waals surface area contributed by atoms with E-state index < -0.39 is 0 Å². The van der Waals surface area contributed by atoms with Crippen LogP contribution in [-0.4, -0.2) is 44.1 Å². The molecule has 1 aliphatic rings. The van der Waals surface area contributed by atoms with Crippen molar-refractivity contribution < 1.29 is 0 Å². The molecule has 0 saturated carbocycles. The number of hydrogen-bond donors (Lipinski definition) is 2. The molecule has 64 valence electrons. The average molecular weight is 156 g/mol. The van der Waals surface area contributed by atoms with Gasteiger partial charge < -0.3 is 16.0 Å². The van der Waals surface area contributed by atoms with Crippen LogP contribution in [0, 0.1) is 0 Å². The van der Waals surface area contributed by atoms with E-state index >= 15 is 0 Å². The molecule has 1 atom stereocenters. The van der Waals surface area contributed by atoms with E-state index in [1.807, 2.05) is 0 Å². The van der Waals surface area contributed by atoms with E-state index in [9.17, 15) is 0 Å². The van der Waals surface area contributed by atoms with Crippen molar-refractivity contribution in [3.8, 4) is 0 Å². The Morgan fingerprint density at radius 1 is 1.73 bits per heavy atom. The SMILES string of the molecule is CN(C)CC[C@H]1CN=C(N)N1. The summed E-state index contributed by atoms with van der Waals surface area (Å²) in [6, 6.07) is 0.456. The van der Waals surface area contributed by atoms with Crippen LogP contribution in [0.3, 0.4) is 0 Å². The molecule has 0 amide bonds. The fourth-order valence-electron chi connectivity index (χ4n) is 1.09. The summed E-state index contributed by atoms with van der Waals surface area (Å²) in [7, 11) is 4.14. The molecule has 11 heavy (non-hydrogen) atoms. The summed E-state index contributed by atoms with van der Waals surface area (Å²) in [4.78, 5) is 6.22. The van der Waals surface area contributed by atoms with Crippen molar-refractivity contribution >= 4 is 5.96 Å². The lowest BCUT2D eigenvalue weighted by Crippen LogP contribution is -2.36. The standard InChI is InChI=1S/C7H16N4/c1-11(2)4-3-6-5-9-7(8)10-6/h6H,3-5H2,1-2H3,(H3,8,9,10)/t6-/m0/s1. The maximum absolute atomic E-state index is 5.46. The molecule has 0 aromatic rings. The van der Waals surface area contributed by atoms with E-state index in [4.69, 9.17) is 5.73 Å². The minimum Gasteiger partial charge on any atom is -0.370 e. The Kier molecular flexibility index (Phi) is 2.70. The molecule has 1 rings (SSSR count). The van der Waals surface area contributed by atoms with Gasteiger partial charge in [-0.25, -0.2) is 0 Å². The molecule has 4 heteroatoms. The fourth-order valence-corrected chi connectivity index (χ4v) is 1.09. The van der Waals surface area contributed by atoms with Crippen LogP contribution < -0.4 is 11.1 Å². The number of rotatable bonds is 3. The third-order valence-corrected chi connectivity index (χ3v) is 1.76. The molecule has 0 radical (unpaired) electrons. The Morgan fingerprint density at radius 3 is 2.91 bits per heavy atom. The van der Waals surface area contributed by atoms with Gasteiger partial charge in [-0.15, -0.1) is 0 Å². The van der Waals surface area contributed by atoms with Gasteiger partial charge in [-0.3, -0.25) is 4.99 Å². The van der Waals surface area contributed by atoms with Crippen LogP contribution in [0.4, 0.5) is 0 Å². The Balaban J connectivity index is 2.11. The Bertz CT molecular complexity index is 153. The zero-order valence-electron chi connectivity index (χ0n) is 7.17. The molecule has 4 nitrogen and oxygen atoms in total. The highest BCUT2D eigenvalue weighted by Gasteiger charge is 2.14. The van der Waals surface area contributed by atoms with Crippen molar-refractivity contribution in [2.24, 2.45) is 10.7 Å². The Morgan fingerprint density at radius 2 is 2.45 bits per heavy atom. The van der Waals surface area contributed by atoms with E-state index in [0.29, 0.717) is 12.0 Å². The summed E-state index contributed by atoms with van der Waals surface area (Å²) in [6.07, 6.45) is 1.11. The second-order valence-electron chi connectivity index (χ2n) is 3.16. The summed E-state index contributed by atoms with van der Waals surface area (Å²) in [5.74, 6) is 0.591. The van der Waals surface area contributed by atoms with Gasteiger partial charge in [0.05, 0.1) is 6.54 Å². The van der Waals surface area contributed by atoms with Crippen molar-refractivity contribution in [1.29, 1.82) is 0 Å². The summed E-state index contributed by atoms with van der Waals surface area (Å²) < 4.78 is 0. The predicted octanol–water partition coefficient (Wildman–Crippen LogP) is -0.775. The average Bonchev–Trinajstić information content (AvgIpc) is 2.31. The second kappa shape index (κ2) is 3.57. The monoisotopic (exact) mass is 156 g/mol. The van der Waals surface area contributed by atoms with Gasteiger partial charge in [0.15, 0.2) is 5.96 Å². The number of hydrogen-bond acceptors (Lipinski definition) is 4. The van der Waals surface area contributed by atoms with E-state index in [1.165, 1.54) is 0 Å². The van der Waals surface area contributed by atoms with Gasteiger partial charge in [0.25, 0.3) is 0 Å². The van der Waals surface area contributed by atoms with Gasteiger partial charge in [-0.1, -0.05) is 0 Å². The van der Waals surface area contributed by atoms with Crippen LogP contribution >= 0.6 is 0 Å². The first-order valence-corrected chi connectivity index (χ1v) is 3.89. The Hall–Kier alpha value is -0.770. The van der Waals surface area contributed by atoms with Crippen LogP contribution in [0.25, 0.3) is 0 Å². The number of nitrogens with zero attached hydrogens (tertiary/aromatic N) is 2. The topological polar surface area (TPSA) is 53.6 Å². The first kappa shape index (κ1) is 8.33. The molecule has 0 bridgehead atoms. The minimum atomic E-state index is 0.456. The third kappa shape index (κ3) is 2.76. The van der Waals surface area contributed by atoms with Crippen LogP contribution in [-0.2, 0) is 0 Å². The van der Waals surface area contributed by atoms with E-state index in [0.717, 1.165) is 19.5 Å². The highest BCUT2D eigenvalue weighted by atomic mass is 15.2. The molecular weight excluding hydrogens is 140 g/mol. The predicted molar refractivity (Wildman–Crippen MR) is 46.6 cm³/mol. The molecular formula is C7H16N4. The maximum Gasteiger partial charge on any atom is 0.188 e. The van der Waals surface area contributed by atoms with Gasteiger partial charge in [0.1, 0.15) is 0 Å². The second-order valence-corrected chi connectivity index (χ2v) is 3.16. The quantitative estimate of drug-likeness (QED) is 0.564. The smallest absolute Gasteiger partial charge is 0.188 e. The summed E-state index contributed by atoms with van der Waals surface area (Å²) in [5.41, 5.74) is 5.46. The molecule has 1 heterocycles. The molecule has 0 saturated heterocycles. The molecule has 0 fully saturated rings. The van der Waals surface area contributed by atoms with Crippen LogP contribution in [0.1, 0.15) is 6.42 Å². The highest BCUT2D eigenvalue weighted by molar-refractivity contribution is 5.79. The van der Waals surface area contributed by atoms with E-state index in [1.54, 1.807) is 0 Å². The molecule has 0 unspecified atom stereocenters. The van der Waals surface area contributed by atoms with Gasteiger partial charge >= 0.3 is 0 Å². The molecule has 0 aromatic heterocycles. The number of nitrogens with one attached hydrogen (secondary N) is 1. The third-order valence-electron chi connectivity index (χ3n) is 1.76. The van der Waals surface area contributed by atoms with Crippen molar-refractivity contribution in [3.63, 3.8) is 0 Å². The zero-order chi connectivity index (χ0) is 8.27. The van der Waals surface area contributed by atoms with Crippen molar-refractivity contribution in [2.45, 2.75) is 12.5 Å². The first-order valence-electron chi connectivity index (χ1n) is 3.89. The molecule has 0 aliphatic carbocycles. The van der Waals surface area contributed by atoms with Crippen molar-refractivity contribution in [3.05, 3.63) is 0 Å². The summed E-state index contributed by atoms with van der Waals surface area (Å²) >= 11 is 0. The van der Waals surface area contributed by atoms with Gasteiger partial charge in [-0.2, -0.15) is 0 Å². The fraction of sp³-hybridized carbons (Fsp3) is 0.857. The highest BCUT2D eigenvalue weighted by Crippen LogP contribution is 1.98. The largest absolute Gasteiger partial charge is 0.370 e. The first-order chi connectivity index (χ1) is 5.18. The molecule has 0 aromatic carbocycles.